The molecule has 3 rings (SSSR count). The third-order valence-electron chi connectivity index (χ3n) is 4.11. The molecule has 0 bridgehead atoms. The summed E-state index contributed by atoms with van der Waals surface area (Å²) in [5.74, 6) is -4.68. The third-order valence-corrected chi connectivity index (χ3v) is 4.61. The van der Waals surface area contributed by atoms with Crippen LogP contribution in [0.1, 0.15) is 21.5 Å². The van der Waals surface area contributed by atoms with E-state index in [-0.39, 0.29) is 32.6 Å². The Morgan fingerprint density at radius 3 is 2.29 bits per heavy atom. The molecule has 0 atom stereocenters. The maximum absolute atomic E-state index is 14.0. The van der Waals surface area contributed by atoms with Crippen LogP contribution >= 0.6 is 23.2 Å². The minimum absolute atomic E-state index is 0.0106. The fraction of sp³-hybridized carbons (Fsp3) is 0. The fourth-order valence-corrected chi connectivity index (χ4v) is 3.33. The lowest BCUT2D eigenvalue weighted by Gasteiger charge is -2.15. The second kappa shape index (κ2) is 8.44. The van der Waals surface area contributed by atoms with Gasteiger partial charge in [0.05, 0.1) is 5.02 Å². The quantitative estimate of drug-likeness (QED) is 0.444. The molecule has 0 amide bonds. The first-order chi connectivity index (χ1) is 14.7. The SMILES string of the molecule is N#Cc1c(N)[nH]c(=O)c(C#N)c1-c1cc(Cl)cc(Cl)c1OC(=O)c1c(F)cccc1F. The Kier molecular flexibility index (Phi) is 5.93. The first-order valence-electron chi connectivity index (χ1n) is 8.21. The molecule has 0 saturated heterocycles. The molecule has 0 spiro atoms. The Hall–Kier alpha value is -3.92. The summed E-state index contributed by atoms with van der Waals surface area (Å²) in [6.07, 6.45) is 0. The highest BCUT2D eigenvalue weighted by molar-refractivity contribution is 6.36. The van der Waals surface area contributed by atoms with E-state index in [0.29, 0.717) is 0 Å². The lowest BCUT2D eigenvalue weighted by atomic mass is 9.96. The summed E-state index contributed by atoms with van der Waals surface area (Å²) in [6, 6.07) is 8.44. The number of nitrogen functional groups attached to an aromatic ring is 1. The number of halogens is 4. The van der Waals surface area contributed by atoms with E-state index < -0.39 is 40.0 Å². The summed E-state index contributed by atoms with van der Waals surface area (Å²) < 4.78 is 33.1. The minimum Gasteiger partial charge on any atom is -0.421 e. The van der Waals surface area contributed by atoms with Crippen molar-refractivity contribution in [2.45, 2.75) is 0 Å². The average Bonchev–Trinajstić information content (AvgIpc) is 2.69. The number of esters is 1. The van der Waals surface area contributed by atoms with Crippen LogP contribution in [0.25, 0.3) is 11.1 Å². The molecule has 0 fully saturated rings. The number of nitrogens with zero attached hydrogens (tertiary/aromatic N) is 2. The van der Waals surface area contributed by atoms with Crippen LogP contribution in [0, 0.1) is 34.3 Å². The standard InChI is InChI=1S/C20H8Cl2F2N4O3/c21-8-4-9(15-10(6-25)18(27)28-19(29)11(15)7-26)17(12(22)5-8)31-20(30)16-13(23)2-1-3-14(16)24/h1-5H,(H3,27,28,29). The van der Waals surface area contributed by atoms with E-state index in [1.807, 2.05) is 0 Å². The molecule has 3 N–H and O–H groups in total. The van der Waals surface area contributed by atoms with Gasteiger partial charge in [-0.3, -0.25) is 4.79 Å². The zero-order valence-electron chi connectivity index (χ0n) is 15.1. The number of pyridine rings is 1. The van der Waals surface area contributed by atoms with Gasteiger partial charge < -0.3 is 15.5 Å². The van der Waals surface area contributed by atoms with Gasteiger partial charge >= 0.3 is 5.97 Å². The largest absolute Gasteiger partial charge is 0.421 e. The van der Waals surface area contributed by atoms with Crippen LogP contribution in [-0.2, 0) is 0 Å². The van der Waals surface area contributed by atoms with Gasteiger partial charge in [-0.1, -0.05) is 29.3 Å². The number of anilines is 1. The van der Waals surface area contributed by atoms with E-state index in [2.05, 4.69) is 4.98 Å². The van der Waals surface area contributed by atoms with Gasteiger partial charge in [-0.2, -0.15) is 10.5 Å². The number of carbonyl (C=O) groups is 1. The van der Waals surface area contributed by atoms with Gasteiger partial charge in [0, 0.05) is 16.1 Å². The number of carbonyl (C=O) groups excluding carboxylic acids is 1. The van der Waals surface area contributed by atoms with E-state index in [4.69, 9.17) is 33.7 Å². The Labute approximate surface area is 182 Å². The van der Waals surface area contributed by atoms with Crippen LogP contribution in [0.15, 0.2) is 35.1 Å². The Balaban J connectivity index is 2.32. The molecule has 2 aromatic carbocycles. The molecule has 0 aliphatic rings. The molecule has 1 heterocycles. The van der Waals surface area contributed by atoms with Crippen LogP contribution < -0.4 is 16.0 Å². The summed E-state index contributed by atoms with van der Waals surface area (Å²) in [7, 11) is 0. The Bertz CT molecular complexity index is 1370. The molecule has 154 valence electrons. The van der Waals surface area contributed by atoms with Crippen LogP contribution in [0.4, 0.5) is 14.6 Å². The highest BCUT2D eigenvalue weighted by Crippen LogP contribution is 2.42. The number of aromatic nitrogens is 1. The highest BCUT2D eigenvalue weighted by atomic mass is 35.5. The van der Waals surface area contributed by atoms with Gasteiger partial charge in [0.15, 0.2) is 5.75 Å². The zero-order valence-corrected chi connectivity index (χ0v) is 16.6. The van der Waals surface area contributed by atoms with Crippen molar-refractivity contribution in [2.75, 3.05) is 5.73 Å². The number of benzene rings is 2. The minimum atomic E-state index is -1.45. The molecule has 31 heavy (non-hydrogen) atoms. The molecule has 3 aromatic rings. The maximum atomic E-state index is 14.0. The molecule has 0 aliphatic heterocycles. The third kappa shape index (κ3) is 3.92. The number of aromatic amines is 1. The molecule has 7 nitrogen and oxygen atoms in total. The lowest BCUT2D eigenvalue weighted by Crippen LogP contribution is -2.17. The smallest absolute Gasteiger partial charge is 0.349 e. The molecule has 1 aromatic heterocycles. The van der Waals surface area contributed by atoms with Gasteiger partial charge in [0.2, 0.25) is 0 Å². The predicted molar refractivity (Wildman–Crippen MR) is 108 cm³/mol. The van der Waals surface area contributed by atoms with Crippen molar-refractivity contribution in [3.8, 4) is 29.0 Å². The van der Waals surface area contributed by atoms with Gasteiger partial charge in [-0.05, 0) is 24.3 Å². The van der Waals surface area contributed by atoms with Crippen LogP contribution in [0.3, 0.4) is 0 Å². The summed E-state index contributed by atoms with van der Waals surface area (Å²) >= 11 is 12.2. The second-order valence-electron chi connectivity index (χ2n) is 5.97. The topological polar surface area (TPSA) is 133 Å². The lowest BCUT2D eigenvalue weighted by molar-refractivity contribution is 0.0725. The number of H-pyrrole nitrogens is 1. The van der Waals surface area contributed by atoms with Crippen molar-refractivity contribution < 1.29 is 18.3 Å². The first kappa shape index (κ1) is 21.8. The highest BCUT2D eigenvalue weighted by Gasteiger charge is 2.27. The van der Waals surface area contributed by atoms with Crippen molar-refractivity contribution in [3.63, 3.8) is 0 Å². The molecular weight excluding hydrogens is 453 g/mol. The second-order valence-corrected chi connectivity index (χ2v) is 6.81. The number of nitrogens with two attached hydrogens (primary N) is 1. The molecule has 0 aliphatic carbocycles. The van der Waals surface area contributed by atoms with E-state index in [9.17, 15) is 28.9 Å². The summed E-state index contributed by atoms with van der Waals surface area (Å²) in [6.45, 7) is 0. The van der Waals surface area contributed by atoms with Gasteiger partial charge in [0.1, 0.15) is 46.3 Å². The number of nitriles is 2. The number of rotatable bonds is 3. The molecule has 0 radical (unpaired) electrons. The summed E-state index contributed by atoms with van der Waals surface area (Å²) in [5.41, 5.74) is 2.36. The number of hydrogen-bond acceptors (Lipinski definition) is 6. The number of nitrogens with one attached hydrogen (secondary N) is 1. The Morgan fingerprint density at radius 2 is 1.71 bits per heavy atom. The fourth-order valence-electron chi connectivity index (χ4n) is 2.80. The molecule has 0 saturated carbocycles. The van der Waals surface area contributed by atoms with Gasteiger partial charge in [-0.15, -0.1) is 0 Å². The number of ether oxygens (including phenoxy) is 1. The summed E-state index contributed by atoms with van der Waals surface area (Å²) in [5, 5.41) is 18.6. The maximum Gasteiger partial charge on any atom is 0.349 e. The molecule has 11 heteroatoms. The monoisotopic (exact) mass is 460 g/mol. The van der Waals surface area contributed by atoms with Crippen molar-refractivity contribution in [3.05, 3.63) is 79.1 Å². The predicted octanol–water partition coefficient (Wildman–Crippen LogP) is 4.17. The van der Waals surface area contributed by atoms with E-state index >= 15 is 0 Å². The molecular formula is C20H8Cl2F2N4O3. The van der Waals surface area contributed by atoms with Crippen LogP contribution in [0.5, 0.6) is 5.75 Å². The van der Waals surface area contributed by atoms with Gasteiger partial charge in [0.25, 0.3) is 5.56 Å². The van der Waals surface area contributed by atoms with E-state index in [1.54, 1.807) is 12.1 Å². The average molecular weight is 461 g/mol. The van der Waals surface area contributed by atoms with Crippen molar-refractivity contribution in [1.82, 2.24) is 4.98 Å². The van der Waals surface area contributed by atoms with Crippen molar-refractivity contribution in [2.24, 2.45) is 0 Å². The van der Waals surface area contributed by atoms with Crippen LogP contribution in [-0.4, -0.2) is 11.0 Å². The summed E-state index contributed by atoms with van der Waals surface area (Å²) in [4.78, 5) is 26.9. The van der Waals surface area contributed by atoms with E-state index in [0.717, 1.165) is 30.3 Å². The normalized spacial score (nSPS) is 10.3. The molecule has 0 unspecified atom stereocenters. The zero-order chi connectivity index (χ0) is 22.9. The van der Waals surface area contributed by atoms with E-state index in [1.165, 1.54) is 0 Å². The Morgan fingerprint density at radius 1 is 1.10 bits per heavy atom. The first-order valence-corrected chi connectivity index (χ1v) is 8.96. The van der Waals surface area contributed by atoms with Crippen molar-refractivity contribution in [1.29, 1.82) is 10.5 Å². The van der Waals surface area contributed by atoms with Gasteiger partial charge in [-0.25, -0.2) is 13.6 Å². The number of hydrogen-bond donors (Lipinski definition) is 2. The van der Waals surface area contributed by atoms with Crippen molar-refractivity contribution >= 4 is 35.0 Å². The van der Waals surface area contributed by atoms with Crippen LogP contribution in [0.2, 0.25) is 10.0 Å².